The van der Waals surface area contributed by atoms with Crippen LogP contribution >= 0.6 is 40.0 Å². The Labute approximate surface area is 241 Å². The summed E-state index contributed by atoms with van der Waals surface area (Å²) < 4.78 is 0. The number of rotatable bonds is 4. The van der Waals surface area contributed by atoms with Crippen molar-refractivity contribution in [3.8, 4) is 0 Å². The standard InChI is InChI=1S/C22H23N.4C2H6.2HI.V/c1-16-18(3)23-22(15-20-12-8-5-9-13-20)17(2)21(16)14-19-10-6-4-7-11-19;4*1-2;;;/h4-13H,14-15H2,1-3H3;4*1-2H3;2*1H;/q;;;;;;;+2/p-2. The molecule has 1 heterocycles. The van der Waals surface area contributed by atoms with Crippen molar-refractivity contribution in [2.45, 2.75) is 89.0 Å². The van der Waals surface area contributed by atoms with E-state index in [-0.39, 0.29) is 0 Å². The van der Waals surface area contributed by atoms with E-state index in [1.165, 1.54) is 33.5 Å². The molecule has 0 aliphatic heterocycles. The monoisotopic (exact) mass is 726 g/mol. The number of hydrogen-bond donors (Lipinski definition) is 0. The van der Waals surface area contributed by atoms with Crippen LogP contribution in [0.3, 0.4) is 0 Å². The zero-order valence-electron chi connectivity index (χ0n) is 23.3. The summed E-state index contributed by atoms with van der Waals surface area (Å²) in [5.41, 5.74) is 9.10. The van der Waals surface area contributed by atoms with Gasteiger partial charge in [-0.3, -0.25) is 4.98 Å². The number of hydrogen-bond acceptors (Lipinski definition) is 1. The van der Waals surface area contributed by atoms with Crippen LogP contribution in [-0.2, 0) is 22.3 Å². The van der Waals surface area contributed by atoms with Crippen LogP contribution < -0.4 is 0 Å². The molecule has 0 fully saturated rings. The molecule has 1 nitrogen and oxygen atoms in total. The molecule has 34 heavy (non-hydrogen) atoms. The molecule has 0 unspecified atom stereocenters. The van der Waals surface area contributed by atoms with E-state index >= 15 is 0 Å². The molecule has 0 atom stereocenters. The third-order valence-electron chi connectivity index (χ3n) is 4.62. The Bertz CT molecular complexity index is 822. The fourth-order valence-corrected chi connectivity index (χ4v) is 3.07. The Hall–Kier alpha value is -0.366. The number of benzene rings is 2. The summed E-state index contributed by atoms with van der Waals surface area (Å²) in [5.74, 6) is 0. The predicted octanol–water partition coefficient (Wildman–Crippen LogP) is 11.1. The number of aryl methyl sites for hydroxylation is 1. The first-order valence-electron chi connectivity index (χ1n) is 12.5. The second-order valence-corrected chi connectivity index (χ2v) is 18.1. The van der Waals surface area contributed by atoms with Crippen molar-refractivity contribution in [2.24, 2.45) is 0 Å². The molecule has 0 spiro atoms. The second-order valence-electron chi connectivity index (χ2n) is 6.26. The van der Waals surface area contributed by atoms with Gasteiger partial charge in [0.15, 0.2) is 0 Å². The summed E-state index contributed by atoms with van der Waals surface area (Å²) in [7, 11) is 0.628. The van der Waals surface area contributed by atoms with Crippen molar-refractivity contribution in [3.05, 3.63) is 99.9 Å². The molecule has 0 radical (unpaired) electrons. The van der Waals surface area contributed by atoms with Crippen LogP contribution in [0.5, 0.6) is 0 Å². The number of pyridine rings is 1. The minimum atomic E-state index is 0.628. The van der Waals surface area contributed by atoms with Gasteiger partial charge in [-0.25, -0.2) is 0 Å². The first-order valence-corrected chi connectivity index (χ1v) is 21.5. The number of nitrogens with zero attached hydrogens (tertiary/aromatic N) is 1. The van der Waals surface area contributed by atoms with Gasteiger partial charge in [0.25, 0.3) is 0 Å². The van der Waals surface area contributed by atoms with E-state index in [1.54, 1.807) is 0 Å². The fourth-order valence-electron chi connectivity index (χ4n) is 3.07. The quantitative estimate of drug-likeness (QED) is 0.244. The molecule has 3 rings (SSSR count). The molecular formula is C30H47I2NV. The van der Waals surface area contributed by atoms with Gasteiger partial charge in [-0.2, -0.15) is 0 Å². The maximum absolute atomic E-state index is 4.87. The van der Waals surface area contributed by atoms with Gasteiger partial charge in [0, 0.05) is 17.8 Å². The first-order chi connectivity index (χ1) is 16.6. The summed E-state index contributed by atoms with van der Waals surface area (Å²) in [5, 5.41) is 0. The average molecular weight is 726 g/mol. The van der Waals surface area contributed by atoms with Gasteiger partial charge >= 0.3 is 49.4 Å². The Kier molecular flexibility index (Phi) is 30.6. The average Bonchev–Trinajstić information content (AvgIpc) is 2.91. The molecule has 0 amide bonds. The third kappa shape index (κ3) is 15.6. The Balaban J connectivity index is -0.000000763. The van der Waals surface area contributed by atoms with Gasteiger partial charge in [0.2, 0.25) is 0 Å². The van der Waals surface area contributed by atoms with Crippen LogP contribution in [0.25, 0.3) is 0 Å². The van der Waals surface area contributed by atoms with Gasteiger partial charge in [0.05, 0.1) is 0 Å². The van der Waals surface area contributed by atoms with Gasteiger partial charge < -0.3 is 0 Å². The molecule has 0 N–H and O–H groups in total. The molecule has 0 bridgehead atoms. The Morgan fingerprint density at radius 1 is 0.588 bits per heavy atom. The predicted molar refractivity (Wildman–Crippen MR) is 170 cm³/mol. The molecule has 0 aliphatic carbocycles. The van der Waals surface area contributed by atoms with E-state index in [0.717, 1.165) is 18.5 Å². The number of halogens is 2. The fraction of sp³-hybridized carbons (Fsp3) is 0.433. The number of aromatic nitrogens is 1. The van der Waals surface area contributed by atoms with Crippen LogP contribution in [0.15, 0.2) is 60.7 Å². The minimum absolute atomic E-state index is 0.628. The van der Waals surface area contributed by atoms with Crippen LogP contribution in [0.1, 0.15) is 94.6 Å². The van der Waals surface area contributed by atoms with Gasteiger partial charge in [-0.05, 0) is 55.0 Å². The molecule has 0 saturated carbocycles. The molecule has 1 aromatic heterocycles. The zero-order chi connectivity index (χ0) is 26.9. The van der Waals surface area contributed by atoms with Gasteiger partial charge in [-0.15, -0.1) is 0 Å². The normalized spacial score (nSPS) is 8.38. The van der Waals surface area contributed by atoms with E-state index in [9.17, 15) is 0 Å². The molecule has 4 heteroatoms. The molecule has 0 saturated heterocycles. The van der Waals surface area contributed by atoms with E-state index in [4.69, 9.17) is 4.98 Å². The van der Waals surface area contributed by atoms with Crippen molar-refractivity contribution in [3.63, 3.8) is 0 Å². The summed E-state index contributed by atoms with van der Waals surface area (Å²) in [6.45, 7) is 22.5. The summed E-state index contributed by atoms with van der Waals surface area (Å²) in [6.07, 6.45) is 1.87. The summed E-state index contributed by atoms with van der Waals surface area (Å²) >= 11 is 4.74. The Morgan fingerprint density at radius 2 is 0.941 bits per heavy atom. The van der Waals surface area contributed by atoms with Crippen LogP contribution in [0, 0.1) is 20.8 Å². The van der Waals surface area contributed by atoms with Crippen molar-refractivity contribution in [1.29, 1.82) is 0 Å². The summed E-state index contributed by atoms with van der Waals surface area (Å²) in [4.78, 5) is 4.87. The van der Waals surface area contributed by atoms with Crippen molar-refractivity contribution in [2.75, 3.05) is 0 Å². The zero-order valence-corrected chi connectivity index (χ0v) is 29.0. The second kappa shape index (κ2) is 27.2. The third-order valence-corrected chi connectivity index (χ3v) is 4.62. The van der Waals surface area contributed by atoms with Crippen molar-refractivity contribution < 1.29 is 9.47 Å². The van der Waals surface area contributed by atoms with Gasteiger partial charge in [0.1, 0.15) is 0 Å². The van der Waals surface area contributed by atoms with Crippen LogP contribution in [-0.4, -0.2) is 4.98 Å². The van der Waals surface area contributed by atoms with Crippen molar-refractivity contribution in [1.82, 2.24) is 4.98 Å². The molecular weight excluding hydrogens is 679 g/mol. The molecule has 3 aromatic rings. The van der Waals surface area contributed by atoms with E-state index in [1.807, 2.05) is 55.4 Å². The van der Waals surface area contributed by atoms with Crippen molar-refractivity contribution >= 4 is 40.0 Å². The van der Waals surface area contributed by atoms with Gasteiger partial charge in [-0.1, -0.05) is 116 Å². The Morgan fingerprint density at radius 3 is 1.32 bits per heavy atom. The topological polar surface area (TPSA) is 12.9 Å². The van der Waals surface area contributed by atoms with Crippen LogP contribution in [0.2, 0.25) is 0 Å². The molecule has 0 aliphatic rings. The first kappa shape index (κ1) is 38.2. The molecule has 191 valence electrons. The van der Waals surface area contributed by atoms with E-state index in [0.29, 0.717) is 9.47 Å². The summed E-state index contributed by atoms with van der Waals surface area (Å²) in [6, 6.07) is 21.3. The van der Waals surface area contributed by atoms with E-state index < -0.39 is 0 Å². The maximum atomic E-state index is 4.87. The molecule has 2 aromatic carbocycles. The van der Waals surface area contributed by atoms with E-state index in [2.05, 4.69) is 121 Å². The SMILES string of the molecule is CC.CC.CC.CC.Cc1nc(Cc2ccccc2)c(C)c(Cc2ccccc2)c1C.[I][V][I]. The van der Waals surface area contributed by atoms with Crippen LogP contribution in [0.4, 0.5) is 0 Å².